The van der Waals surface area contributed by atoms with Crippen molar-refractivity contribution in [2.75, 3.05) is 13.2 Å². The molecule has 0 aliphatic heterocycles. The van der Waals surface area contributed by atoms with Crippen LogP contribution in [0.5, 0.6) is 11.5 Å². The average molecular weight is 301 g/mol. The molecule has 0 bridgehead atoms. The standard InChI is InChI=1S/C13H19NO7/c15-6-10(18)11(19)12(20)13(21)14-4-3-7-1-2-8(16)9(17)5-7/h1-2,5,10-12,15-20H,3-4,6H2,(H,14,21)/t10-,11-,12-/m1/s1. The number of carbonyl (C=O) groups excluding carboxylic acids is 1. The van der Waals surface area contributed by atoms with Gasteiger partial charge in [0.05, 0.1) is 6.61 Å². The Kier molecular flexibility index (Phi) is 6.38. The number of phenolic OH excluding ortho intramolecular Hbond substituents is 2. The molecule has 1 amide bonds. The molecular formula is C13H19NO7. The Bertz CT molecular complexity index is 480. The highest BCUT2D eigenvalue weighted by Crippen LogP contribution is 2.24. The molecule has 0 unspecified atom stereocenters. The molecule has 7 N–H and O–H groups in total. The number of carbonyl (C=O) groups is 1. The topological polar surface area (TPSA) is 150 Å². The molecule has 8 heteroatoms. The predicted molar refractivity (Wildman–Crippen MR) is 71.6 cm³/mol. The highest BCUT2D eigenvalue weighted by Gasteiger charge is 2.29. The molecule has 118 valence electrons. The Morgan fingerprint density at radius 1 is 1.14 bits per heavy atom. The van der Waals surface area contributed by atoms with Crippen LogP contribution in [0.4, 0.5) is 0 Å². The lowest BCUT2D eigenvalue weighted by atomic mass is 10.1. The first-order chi connectivity index (χ1) is 9.86. The van der Waals surface area contributed by atoms with Gasteiger partial charge < -0.3 is 36.0 Å². The van der Waals surface area contributed by atoms with Gasteiger partial charge in [0.1, 0.15) is 12.2 Å². The first-order valence-electron chi connectivity index (χ1n) is 6.30. The third kappa shape index (κ3) is 4.87. The summed E-state index contributed by atoms with van der Waals surface area (Å²) in [6, 6.07) is 4.20. The monoisotopic (exact) mass is 301 g/mol. The number of rotatable bonds is 7. The van der Waals surface area contributed by atoms with Crippen LogP contribution in [0.25, 0.3) is 0 Å². The molecule has 1 aromatic carbocycles. The molecule has 21 heavy (non-hydrogen) atoms. The fourth-order valence-corrected chi connectivity index (χ4v) is 1.63. The van der Waals surface area contributed by atoms with Crippen molar-refractivity contribution in [1.29, 1.82) is 0 Å². The molecule has 0 aliphatic rings. The maximum absolute atomic E-state index is 11.5. The second kappa shape index (κ2) is 7.79. The Morgan fingerprint density at radius 2 is 1.81 bits per heavy atom. The maximum Gasteiger partial charge on any atom is 0.251 e. The summed E-state index contributed by atoms with van der Waals surface area (Å²) >= 11 is 0. The Hall–Kier alpha value is -1.87. The van der Waals surface area contributed by atoms with E-state index in [1.165, 1.54) is 12.1 Å². The van der Waals surface area contributed by atoms with E-state index in [0.717, 1.165) is 0 Å². The van der Waals surface area contributed by atoms with E-state index in [1.54, 1.807) is 6.07 Å². The largest absolute Gasteiger partial charge is 0.504 e. The molecule has 1 aromatic rings. The average Bonchev–Trinajstić information content (AvgIpc) is 2.48. The normalized spacial score (nSPS) is 15.2. The first-order valence-corrected chi connectivity index (χ1v) is 6.30. The number of hydrogen-bond donors (Lipinski definition) is 7. The number of nitrogens with one attached hydrogen (secondary N) is 1. The second-order valence-corrected chi connectivity index (χ2v) is 4.55. The van der Waals surface area contributed by atoms with Gasteiger partial charge in [-0.25, -0.2) is 0 Å². The smallest absolute Gasteiger partial charge is 0.251 e. The van der Waals surface area contributed by atoms with E-state index in [2.05, 4.69) is 5.32 Å². The van der Waals surface area contributed by atoms with Gasteiger partial charge in [0.25, 0.3) is 5.91 Å². The van der Waals surface area contributed by atoms with Crippen LogP contribution in [0.1, 0.15) is 5.56 Å². The number of amides is 1. The summed E-state index contributed by atoms with van der Waals surface area (Å²) in [5.74, 6) is -1.42. The fraction of sp³-hybridized carbons (Fsp3) is 0.462. The van der Waals surface area contributed by atoms with Crippen molar-refractivity contribution < 1.29 is 35.4 Å². The van der Waals surface area contributed by atoms with E-state index in [0.29, 0.717) is 12.0 Å². The predicted octanol–water partition coefficient (Wildman–Crippen LogP) is -2.17. The molecule has 0 spiro atoms. The van der Waals surface area contributed by atoms with Crippen LogP contribution in [-0.2, 0) is 11.2 Å². The molecule has 0 heterocycles. The van der Waals surface area contributed by atoms with Gasteiger partial charge in [0.15, 0.2) is 17.6 Å². The van der Waals surface area contributed by atoms with E-state index in [1.807, 2.05) is 0 Å². The van der Waals surface area contributed by atoms with Crippen molar-refractivity contribution >= 4 is 5.91 Å². The van der Waals surface area contributed by atoms with Crippen LogP contribution in [0, 0.1) is 0 Å². The summed E-state index contributed by atoms with van der Waals surface area (Å²) in [5.41, 5.74) is 0.649. The van der Waals surface area contributed by atoms with Crippen molar-refractivity contribution in [3.63, 3.8) is 0 Å². The van der Waals surface area contributed by atoms with E-state index in [-0.39, 0.29) is 18.0 Å². The van der Waals surface area contributed by atoms with Crippen LogP contribution in [-0.4, -0.2) is 68.0 Å². The van der Waals surface area contributed by atoms with Crippen LogP contribution >= 0.6 is 0 Å². The molecule has 0 fully saturated rings. The number of aliphatic hydroxyl groups excluding tert-OH is 4. The third-order valence-electron chi connectivity index (χ3n) is 2.93. The van der Waals surface area contributed by atoms with Crippen molar-refractivity contribution in [3.8, 4) is 11.5 Å². The van der Waals surface area contributed by atoms with Crippen LogP contribution < -0.4 is 5.32 Å². The molecular weight excluding hydrogens is 282 g/mol. The minimum absolute atomic E-state index is 0.113. The second-order valence-electron chi connectivity index (χ2n) is 4.55. The summed E-state index contributed by atoms with van der Waals surface area (Å²) < 4.78 is 0. The fourth-order valence-electron chi connectivity index (χ4n) is 1.63. The van der Waals surface area contributed by atoms with Gasteiger partial charge in [-0.2, -0.15) is 0 Å². The van der Waals surface area contributed by atoms with Gasteiger partial charge in [-0.3, -0.25) is 4.79 Å². The minimum atomic E-state index is -1.86. The van der Waals surface area contributed by atoms with E-state index in [4.69, 9.17) is 15.3 Å². The van der Waals surface area contributed by atoms with Gasteiger partial charge in [-0.1, -0.05) is 6.07 Å². The highest BCUT2D eigenvalue weighted by atomic mass is 16.4. The van der Waals surface area contributed by atoms with E-state index < -0.39 is 30.8 Å². The number of hydrogen-bond acceptors (Lipinski definition) is 7. The zero-order chi connectivity index (χ0) is 16.0. The van der Waals surface area contributed by atoms with Gasteiger partial charge in [-0.15, -0.1) is 0 Å². The van der Waals surface area contributed by atoms with E-state index >= 15 is 0 Å². The number of benzene rings is 1. The summed E-state index contributed by atoms with van der Waals surface area (Å²) in [7, 11) is 0. The van der Waals surface area contributed by atoms with E-state index in [9.17, 15) is 20.1 Å². The molecule has 0 saturated carbocycles. The Labute approximate surface area is 120 Å². The number of phenols is 2. The molecule has 3 atom stereocenters. The molecule has 0 aliphatic carbocycles. The Balaban J connectivity index is 2.44. The van der Waals surface area contributed by atoms with Crippen molar-refractivity contribution in [2.24, 2.45) is 0 Å². The van der Waals surface area contributed by atoms with Crippen molar-refractivity contribution in [3.05, 3.63) is 23.8 Å². The lowest BCUT2D eigenvalue weighted by Crippen LogP contribution is -2.48. The first kappa shape index (κ1) is 17.2. The summed E-state index contributed by atoms with van der Waals surface area (Å²) in [5, 5.41) is 57.3. The van der Waals surface area contributed by atoms with Crippen LogP contribution in [0.2, 0.25) is 0 Å². The maximum atomic E-state index is 11.5. The summed E-state index contributed by atoms with van der Waals surface area (Å²) in [6.45, 7) is -0.666. The van der Waals surface area contributed by atoms with Gasteiger partial charge in [0.2, 0.25) is 0 Å². The zero-order valence-corrected chi connectivity index (χ0v) is 11.2. The summed E-state index contributed by atoms with van der Waals surface area (Å²) in [4.78, 5) is 11.5. The highest BCUT2D eigenvalue weighted by molar-refractivity contribution is 5.81. The van der Waals surface area contributed by atoms with Crippen molar-refractivity contribution in [1.82, 2.24) is 5.32 Å². The molecule has 0 saturated heterocycles. The minimum Gasteiger partial charge on any atom is -0.504 e. The van der Waals surface area contributed by atoms with Crippen LogP contribution in [0.3, 0.4) is 0 Å². The molecule has 0 aromatic heterocycles. The zero-order valence-electron chi connectivity index (χ0n) is 11.2. The lowest BCUT2D eigenvalue weighted by molar-refractivity contribution is -0.142. The molecule has 0 radical (unpaired) electrons. The molecule has 1 rings (SSSR count). The SMILES string of the molecule is O=C(NCCc1ccc(O)c(O)c1)[C@H](O)[C@H](O)[C@H](O)CO. The lowest BCUT2D eigenvalue weighted by Gasteiger charge is -2.20. The third-order valence-corrected chi connectivity index (χ3v) is 2.93. The quantitative estimate of drug-likeness (QED) is 0.283. The van der Waals surface area contributed by atoms with Crippen LogP contribution in [0.15, 0.2) is 18.2 Å². The van der Waals surface area contributed by atoms with Gasteiger partial charge >= 0.3 is 0 Å². The molecule has 8 nitrogen and oxygen atoms in total. The van der Waals surface area contributed by atoms with Gasteiger partial charge in [-0.05, 0) is 24.1 Å². The van der Waals surface area contributed by atoms with Gasteiger partial charge in [0, 0.05) is 6.54 Å². The Morgan fingerprint density at radius 3 is 2.38 bits per heavy atom. The van der Waals surface area contributed by atoms with Crippen molar-refractivity contribution in [2.45, 2.75) is 24.7 Å². The number of aliphatic hydroxyl groups is 4. The summed E-state index contributed by atoms with van der Waals surface area (Å²) in [6.07, 6.45) is -4.93. The number of aromatic hydroxyl groups is 2.